The number of benzene rings is 2. The molecule has 0 atom stereocenters. The van der Waals surface area contributed by atoms with Gasteiger partial charge in [0.1, 0.15) is 11.2 Å². The Morgan fingerprint density at radius 3 is 2.36 bits per heavy atom. The van der Waals surface area contributed by atoms with Crippen LogP contribution >= 0.6 is 0 Å². The summed E-state index contributed by atoms with van der Waals surface area (Å²) in [7, 11) is 0. The van der Waals surface area contributed by atoms with Crippen LogP contribution in [0.15, 0.2) is 56.1 Å². The molecule has 0 amide bonds. The molecule has 4 rings (SSSR count). The van der Waals surface area contributed by atoms with Gasteiger partial charge < -0.3 is 8.83 Å². The summed E-state index contributed by atoms with van der Waals surface area (Å²) in [6, 6.07) is 12.5. The van der Waals surface area contributed by atoms with E-state index in [0.717, 1.165) is 16.5 Å². The van der Waals surface area contributed by atoms with Crippen LogP contribution in [-0.4, -0.2) is 5.78 Å². The molecule has 0 unspecified atom stereocenters. The van der Waals surface area contributed by atoms with E-state index in [0.29, 0.717) is 27.7 Å². The lowest BCUT2D eigenvalue weighted by atomic mass is 10.0. The Morgan fingerprint density at radius 1 is 0.920 bits per heavy atom. The van der Waals surface area contributed by atoms with Gasteiger partial charge in [-0.05, 0) is 38.5 Å². The molecule has 0 N–H and O–H groups in total. The highest BCUT2D eigenvalue weighted by atomic mass is 16.4. The van der Waals surface area contributed by atoms with Gasteiger partial charge in [0.05, 0.1) is 5.39 Å². The zero-order valence-corrected chi connectivity index (χ0v) is 14.2. The second kappa shape index (κ2) is 5.45. The third kappa shape index (κ3) is 2.38. The molecule has 4 nitrogen and oxygen atoms in total. The van der Waals surface area contributed by atoms with E-state index in [1.807, 2.05) is 45.0 Å². The molecule has 0 bridgehead atoms. The van der Waals surface area contributed by atoms with E-state index in [2.05, 4.69) is 0 Å². The van der Waals surface area contributed by atoms with E-state index in [1.54, 1.807) is 12.1 Å². The van der Waals surface area contributed by atoms with Gasteiger partial charge in [0.25, 0.3) is 0 Å². The highest BCUT2D eigenvalue weighted by Gasteiger charge is 2.22. The van der Waals surface area contributed by atoms with Crippen LogP contribution in [0.5, 0.6) is 0 Å². The third-order valence-corrected chi connectivity index (χ3v) is 4.53. The first-order valence-corrected chi connectivity index (χ1v) is 8.03. The number of hydrogen-bond donors (Lipinski definition) is 0. The monoisotopic (exact) mass is 332 g/mol. The molecule has 0 aliphatic rings. The second-order valence-corrected chi connectivity index (χ2v) is 6.32. The zero-order valence-electron chi connectivity index (χ0n) is 14.2. The molecule has 0 aliphatic heterocycles. The number of fused-ring (bicyclic) bond motifs is 3. The number of furan rings is 1. The first-order valence-electron chi connectivity index (χ1n) is 8.03. The van der Waals surface area contributed by atoms with Gasteiger partial charge in [-0.2, -0.15) is 0 Å². The van der Waals surface area contributed by atoms with Gasteiger partial charge in [0.2, 0.25) is 5.78 Å². The number of aryl methyl sites for hydroxylation is 3. The molecule has 124 valence electrons. The van der Waals surface area contributed by atoms with Crippen LogP contribution in [0.3, 0.4) is 0 Å². The summed E-state index contributed by atoms with van der Waals surface area (Å²) < 4.78 is 11.2. The maximum Gasteiger partial charge on any atom is 0.336 e. The van der Waals surface area contributed by atoms with Crippen LogP contribution in [0, 0.1) is 20.8 Å². The summed E-state index contributed by atoms with van der Waals surface area (Å²) in [6.45, 7) is 5.64. The van der Waals surface area contributed by atoms with Crippen LogP contribution in [0.1, 0.15) is 32.8 Å². The van der Waals surface area contributed by atoms with Crippen LogP contribution in [-0.2, 0) is 0 Å². The molecule has 0 saturated heterocycles. The van der Waals surface area contributed by atoms with Gasteiger partial charge in [0.15, 0.2) is 5.76 Å². The zero-order chi connectivity index (χ0) is 17.7. The largest absolute Gasteiger partial charge is 0.452 e. The van der Waals surface area contributed by atoms with E-state index in [1.165, 1.54) is 6.07 Å². The minimum atomic E-state index is -0.412. The Labute approximate surface area is 143 Å². The molecule has 0 saturated carbocycles. The molecule has 0 fully saturated rings. The maximum atomic E-state index is 12.8. The molecule has 2 aromatic heterocycles. The SMILES string of the molecule is Cc1ccc(C(=O)c2oc3ccc4c(C)cc(=O)oc4c3c2C)cc1. The molecule has 0 spiro atoms. The second-order valence-electron chi connectivity index (χ2n) is 6.32. The van der Waals surface area contributed by atoms with Crippen molar-refractivity contribution in [3.8, 4) is 0 Å². The first-order chi connectivity index (χ1) is 12.0. The number of rotatable bonds is 2. The minimum Gasteiger partial charge on any atom is -0.452 e. The van der Waals surface area contributed by atoms with Gasteiger partial charge in [-0.1, -0.05) is 29.8 Å². The fourth-order valence-electron chi connectivity index (χ4n) is 3.16. The molecule has 0 aliphatic carbocycles. The van der Waals surface area contributed by atoms with Crippen molar-refractivity contribution < 1.29 is 13.6 Å². The number of carbonyl (C=O) groups excluding carboxylic acids is 1. The van der Waals surface area contributed by atoms with Crippen LogP contribution < -0.4 is 5.63 Å². The van der Waals surface area contributed by atoms with Gasteiger partial charge in [-0.3, -0.25) is 4.79 Å². The normalized spacial score (nSPS) is 11.3. The van der Waals surface area contributed by atoms with Crippen LogP contribution in [0.4, 0.5) is 0 Å². The highest BCUT2D eigenvalue weighted by Crippen LogP contribution is 2.33. The van der Waals surface area contributed by atoms with Gasteiger partial charge in [0, 0.05) is 22.6 Å². The Balaban J connectivity index is 1.99. The van der Waals surface area contributed by atoms with Crippen molar-refractivity contribution in [3.63, 3.8) is 0 Å². The topological polar surface area (TPSA) is 60.4 Å². The molecule has 0 radical (unpaired) electrons. The van der Waals surface area contributed by atoms with Gasteiger partial charge in [-0.25, -0.2) is 4.79 Å². The number of ketones is 1. The molecular formula is C21H16O4. The summed E-state index contributed by atoms with van der Waals surface area (Å²) in [5, 5.41) is 1.51. The summed E-state index contributed by atoms with van der Waals surface area (Å²) in [5.74, 6) is 0.0901. The fraction of sp³-hybridized carbons (Fsp3) is 0.143. The molecule has 2 heterocycles. The lowest BCUT2D eigenvalue weighted by Crippen LogP contribution is -2.01. The summed E-state index contributed by atoms with van der Waals surface area (Å²) in [4.78, 5) is 24.6. The number of hydrogen-bond acceptors (Lipinski definition) is 4. The van der Waals surface area contributed by atoms with Crippen molar-refractivity contribution in [3.05, 3.63) is 80.9 Å². The quantitative estimate of drug-likeness (QED) is 0.394. The molecular weight excluding hydrogens is 316 g/mol. The lowest BCUT2D eigenvalue weighted by molar-refractivity contribution is 0.101. The highest BCUT2D eigenvalue weighted by molar-refractivity contribution is 6.14. The molecule has 25 heavy (non-hydrogen) atoms. The van der Waals surface area contributed by atoms with Crippen molar-refractivity contribution in [2.75, 3.05) is 0 Å². The van der Waals surface area contributed by atoms with Crippen molar-refractivity contribution in [2.45, 2.75) is 20.8 Å². The predicted octanol–water partition coefficient (Wildman–Crippen LogP) is 4.70. The molecule has 4 heteroatoms. The van der Waals surface area contributed by atoms with Crippen molar-refractivity contribution in [1.29, 1.82) is 0 Å². The summed E-state index contributed by atoms with van der Waals surface area (Å²) in [5.41, 5.74) is 3.75. The Bertz CT molecular complexity index is 1190. The molecule has 2 aromatic carbocycles. The van der Waals surface area contributed by atoms with Crippen LogP contribution in [0.25, 0.3) is 21.9 Å². The van der Waals surface area contributed by atoms with Crippen molar-refractivity contribution in [2.24, 2.45) is 0 Å². The lowest BCUT2D eigenvalue weighted by Gasteiger charge is -2.01. The van der Waals surface area contributed by atoms with E-state index in [-0.39, 0.29) is 11.5 Å². The summed E-state index contributed by atoms with van der Waals surface area (Å²) >= 11 is 0. The van der Waals surface area contributed by atoms with Crippen molar-refractivity contribution >= 4 is 27.7 Å². The van der Waals surface area contributed by atoms with Crippen molar-refractivity contribution in [1.82, 2.24) is 0 Å². The van der Waals surface area contributed by atoms with E-state index in [9.17, 15) is 9.59 Å². The Morgan fingerprint density at radius 2 is 1.64 bits per heavy atom. The average Bonchev–Trinajstić information content (AvgIpc) is 2.92. The Kier molecular flexibility index (Phi) is 3.35. The fourth-order valence-corrected chi connectivity index (χ4v) is 3.16. The molecule has 4 aromatic rings. The standard InChI is InChI=1S/C21H16O4/c1-11-4-6-14(7-5-11)19(23)20-13(3)18-16(24-20)9-8-15-12(2)10-17(22)25-21(15)18/h4-10H,1-3H3. The minimum absolute atomic E-state index is 0.183. The van der Waals surface area contributed by atoms with Gasteiger partial charge in [-0.15, -0.1) is 0 Å². The van der Waals surface area contributed by atoms with E-state index in [4.69, 9.17) is 8.83 Å². The smallest absolute Gasteiger partial charge is 0.336 e. The van der Waals surface area contributed by atoms with E-state index >= 15 is 0 Å². The van der Waals surface area contributed by atoms with Gasteiger partial charge >= 0.3 is 5.63 Å². The Hall–Kier alpha value is -3.14. The average molecular weight is 332 g/mol. The van der Waals surface area contributed by atoms with E-state index < -0.39 is 5.63 Å². The van der Waals surface area contributed by atoms with Crippen LogP contribution in [0.2, 0.25) is 0 Å². The first kappa shape index (κ1) is 15.4. The number of carbonyl (C=O) groups is 1. The predicted molar refractivity (Wildman–Crippen MR) is 96.3 cm³/mol. The maximum absolute atomic E-state index is 12.8. The summed E-state index contributed by atoms with van der Waals surface area (Å²) in [6.07, 6.45) is 0. The third-order valence-electron chi connectivity index (χ3n) is 4.53.